The third kappa shape index (κ3) is 4.89. The molecule has 1 atom stereocenters. The van der Waals surface area contributed by atoms with Gasteiger partial charge in [-0.25, -0.2) is 0 Å². The zero-order valence-corrected chi connectivity index (χ0v) is 17.2. The fraction of sp³-hybridized carbons (Fsp3) is 0.318. The molecule has 2 aromatic rings. The zero-order chi connectivity index (χ0) is 21.7. The smallest absolute Gasteiger partial charge is 0.227 e. The molecule has 8 nitrogen and oxygen atoms in total. The molecule has 158 valence electrons. The second kappa shape index (κ2) is 9.30. The van der Waals surface area contributed by atoms with Crippen molar-refractivity contribution < 1.29 is 23.9 Å². The summed E-state index contributed by atoms with van der Waals surface area (Å²) in [6, 6.07) is 12.5. The van der Waals surface area contributed by atoms with Gasteiger partial charge in [0.25, 0.3) is 0 Å². The number of methoxy groups -OCH3 is 2. The van der Waals surface area contributed by atoms with E-state index >= 15 is 0 Å². The first-order valence-electron chi connectivity index (χ1n) is 9.58. The topological polar surface area (TPSA) is 97.0 Å². The van der Waals surface area contributed by atoms with Crippen LogP contribution in [0.3, 0.4) is 0 Å². The summed E-state index contributed by atoms with van der Waals surface area (Å²) in [4.78, 5) is 37.9. The van der Waals surface area contributed by atoms with E-state index in [1.165, 1.54) is 6.92 Å². The molecule has 0 radical (unpaired) electrons. The number of benzene rings is 2. The molecule has 1 fully saturated rings. The molecule has 0 bridgehead atoms. The molecule has 0 aliphatic carbocycles. The van der Waals surface area contributed by atoms with Gasteiger partial charge in [-0.3, -0.25) is 14.4 Å². The lowest BCUT2D eigenvalue weighted by molar-refractivity contribution is -0.126. The van der Waals surface area contributed by atoms with Crippen molar-refractivity contribution in [2.24, 2.45) is 5.92 Å². The number of ether oxygens (including phenoxy) is 2. The summed E-state index contributed by atoms with van der Waals surface area (Å²) in [5, 5.41) is 5.59. The van der Waals surface area contributed by atoms with E-state index in [4.69, 9.17) is 9.47 Å². The van der Waals surface area contributed by atoms with E-state index in [-0.39, 0.29) is 24.1 Å². The van der Waals surface area contributed by atoms with Gasteiger partial charge in [0, 0.05) is 37.8 Å². The average molecular weight is 411 g/mol. The Kier molecular flexibility index (Phi) is 6.56. The van der Waals surface area contributed by atoms with E-state index < -0.39 is 5.92 Å². The molecule has 1 saturated heterocycles. The Morgan fingerprint density at radius 2 is 1.87 bits per heavy atom. The highest BCUT2D eigenvalue weighted by Crippen LogP contribution is 2.29. The fourth-order valence-electron chi connectivity index (χ4n) is 3.41. The minimum atomic E-state index is -0.443. The van der Waals surface area contributed by atoms with Gasteiger partial charge in [0.1, 0.15) is 0 Å². The summed E-state index contributed by atoms with van der Waals surface area (Å²) in [6.07, 6.45) is 0.141. The largest absolute Gasteiger partial charge is 0.493 e. The minimum absolute atomic E-state index is 0.124. The van der Waals surface area contributed by atoms with Crippen molar-refractivity contribution in [1.82, 2.24) is 5.32 Å². The van der Waals surface area contributed by atoms with E-state index in [1.54, 1.807) is 55.5 Å². The second-order valence-corrected chi connectivity index (χ2v) is 7.04. The summed E-state index contributed by atoms with van der Waals surface area (Å²) in [7, 11) is 3.12. The third-order valence-electron chi connectivity index (χ3n) is 4.89. The quantitative estimate of drug-likeness (QED) is 0.729. The average Bonchev–Trinajstić information content (AvgIpc) is 3.13. The van der Waals surface area contributed by atoms with Crippen LogP contribution in [0.15, 0.2) is 42.5 Å². The molecule has 0 saturated carbocycles. The molecule has 3 amide bonds. The van der Waals surface area contributed by atoms with Crippen molar-refractivity contribution in [3.8, 4) is 11.5 Å². The number of carbonyl (C=O) groups excluding carboxylic acids is 3. The van der Waals surface area contributed by atoms with Gasteiger partial charge in [-0.2, -0.15) is 0 Å². The highest BCUT2D eigenvalue weighted by Gasteiger charge is 2.35. The lowest BCUT2D eigenvalue weighted by Crippen LogP contribution is -2.32. The summed E-state index contributed by atoms with van der Waals surface area (Å²) >= 11 is 0. The summed E-state index contributed by atoms with van der Waals surface area (Å²) in [6.45, 7) is 2.04. The molecule has 2 aromatic carbocycles. The molecular formula is C22H25N3O5. The summed E-state index contributed by atoms with van der Waals surface area (Å²) in [5.41, 5.74) is 2.13. The van der Waals surface area contributed by atoms with Crippen LogP contribution >= 0.6 is 0 Å². The predicted molar refractivity (Wildman–Crippen MR) is 113 cm³/mol. The Morgan fingerprint density at radius 3 is 2.57 bits per heavy atom. The summed E-state index contributed by atoms with van der Waals surface area (Å²) in [5.74, 6) is 0.269. The van der Waals surface area contributed by atoms with Crippen LogP contribution in [0.1, 0.15) is 18.9 Å². The van der Waals surface area contributed by atoms with Crippen LogP contribution in [0.4, 0.5) is 11.4 Å². The zero-order valence-electron chi connectivity index (χ0n) is 17.2. The standard InChI is InChI=1S/C22H25N3O5/c1-14(26)24-17-5-4-6-18(11-17)25-13-16(10-21(25)27)22(28)23-12-15-7-8-19(29-2)20(9-15)30-3/h4-9,11,16H,10,12-13H2,1-3H3,(H,23,28)(H,24,26)/t16-/m0/s1. The SMILES string of the molecule is COc1ccc(CNC(=O)[C@H]2CC(=O)N(c3cccc(NC(C)=O)c3)C2)cc1OC. The summed E-state index contributed by atoms with van der Waals surface area (Å²) < 4.78 is 10.5. The first kappa shape index (κ1) is 21.2. The Bertz CT molecular complexity index is 960. The van der Waals surface area contributed by atoms with Gasteiger partial charge in [0.2, 0.25) is 17.7 Å². The van der Waals surface area contributed by atoms with Crippen molar-refractivity contribution in [2.45, 2.75) is 19.9 Å². The van der Waals surface area contributed by atoms with Crippen LogP contribution in [0, 0.1) is 5.92 Å². The number of anilines is 2. The Morgan fingerprint density at radius 1 is 1.10 bits per heavy atom. The maximum atomic E-state index is 12.6. The normalized spacial score (nSPS) is 15.6. The monoisotopic (exact) mass is 411 g/mol. The van der Waals surface area contributed by atoms with Crippen molar-refractivity contribution in [2.75, 3.05) is 31.0 Å². The lowest BCUT2D eigenvalue weighted by atomic mass is 10.1. The number of amides is 3. The van der Waals surface area contributed by atoms with Gasteiger partial charge < -0.3 is 25.0 Å². The molecular weight excluding hydrogens is 386 g/mol. The molecule has 0 spiro atoms. The van der Waals surface area contributed by atoms with Gasteiger partial charge in [-0.05, 0) is 35.9 Å². The molecule has 0 aromatic heterocycles. The fourth-order valence-corrected chi connectivity index (χ4v) is 3.41. The molecule has 2 N–H and O–H groups in total. The Labute approximate surface area is 175 Å². The minimum Gasteiger partial charge on any atom is -0.493 e. The van der Waals surface area contributed by atoms with Crippen LogP contribution < -0.4 is 25.0 Å². The third-order valence-corrected chi connectivity index (χ3v) is 4.89. The maximum absolute atomic E-state index is 12.6. The Balaban J connectivity index is 1.62. The van der Waals surface area contributed by atoms with Gasteiger partial charge in [-0.1, -0.05) is 12.1 Å². The van der Waals surface area contributed by atoms with Crippen molar-refractivity contribution in [3.63, 3.8) is 0 Å². The number of hydrogen-bond donors (Lipinski definition) is 2. The van der Waals surface area contributed by atoms with E-state index in [2.05, 4.69) is 10.6 Å². The first-order chi connectivity index (χ1) is 14.4. The number of carbonyl (C=O) groups is 3. The van der Waals surface area contributed by atoms with Crippen LogP contribution in [-0.4, -0.2) is 38.5 Å². The number of nitrogens with one attached hydrogen (secondary N) is 2. The molecule has 1 aliphatic heterocycles. The van der Waals surface area contributed by atoms with E-state index in [1.807, 2.05) is 6.07 Å². The number of rotatable bonds is 7. The number of hydrogen-bond acceptors (Lipinski definition) is 5. The molecule has 1 aliphatic rings. The molecule has 3 rings (SSSR count). The van der Waals surface area contributed by atoms with E-state index in [0.717, 1.165) is 5.56 Å². The second-order valence-electron chi connectivity index (χ2n) is 7.04. The Hall–Kier alpha value is -3.55. The highest BCUT2D eigenvalue weighted by molar-refractivity contribution is 6.01. The predicted octanol–water partition coefficient (Wildman–Crippen LogP) is 2.33. The van der Waals surface area contributed by atoms with E-state index in [0.29, 0.717) is 36.0 Å². The highest BCUT2D eigenvalue weighted by atomic mass is 16.5. The lowest BCUT2D eigenvalue weighted by Gasteiger charge is -2.18. The van der Waals surface area contributed by atoms with Gasteiger partial charge in [0.15, 0.2) is 11.5 Å². The van der Waals surface area contributed by atoms with Crippen molar-refractivity contribution in [3.05, 3.63) is 48.0 Å². The van der Waals surface area contributed by atoms with Crippen LogP contribution in [0.25, 0.3) is 0 Å². The van der Waals surface area contributed by atoms with Gasteiger partial charge >= 0.3 is 0 Å². The first-order valence-corrected chi connectivity index (χ1v) is 9.58. The molecule has 8 heteroatoms. The van der Waals surface area contributed by atoms with Gasteiger partial charge in [-0.15, -0.1) is 0 Å². The van der Waals surface area contributed by atoms with Crippen molar-refractivity contribution in [1.29, 1.82) is 0 Å². The van der Waals surface area contributed by atoms with Crippen LogP contribution in [-0.2, 0) is 20.9 Å². The molecule has 30 heavy (non-hydrogen) atoms. The number of nitrogens with zero attached hydrogens (tertiary/aromatic N) is 1. The van der Waals surface area contributed by atoms with Crippen LogP contribution in [0.5, 0.6) is 11.5 Å². The van der Waals surface area contributed by atoms with E-state index in [9.17, 15) is 14.4 Å². The molecule has 0 unspecified atom stereocenters. The van der Waals surface area contributed by atoms with Gasteiger partial charge in [0.05, 0.1) is 20.1 Å². The maximum Gasteiger partial charge on any atom is 0.227 e. The van der Waals surface area contributed by atoms with Crippen LogP contribution in [0.2, 0.25) is 0 Å². The molecule has 1 heterocycles. The van der Waals surface area contributed by atoms with Crippen molar-refractivity contribution >= 4 is 29.1 Å².